The molecule has 20 heavy (non-hydrogen) atoms. The van der Waals surface area contributed by atoms with Crippen LogP contribution in [0.2, 0.25) is 0 Å². The number of nitrogens with one attached hydrogen (secondary N) is 1. The zero-order chi connectivity index (χ0) is 13.8. The predicted molar refractivity (Wildman–Crippen MR) is 87.7 cm³/mol. The van der Waals surface area contributed by atoms with Gasteiger partial charge in [-0.2, -0.15) is 0 Å². The van der Waals surface area contributed by atoms with Gasteiger partial charge in [0.1, 0.15) is 0 Å². The molecule has 0 bridgehead atoms. The summed E-state index contributed by atoms with van der Waals surface area (Å²) in [5.41, 5.74) is 2.39. The highest BCUT2D eigenvalue weighted by molar-refractivity contribution is 9.10. The Morgan fingerprint density at radius 2 is 2.05 bits per heavy atom. The van der Waals surface area contributed by atoms with Crippen LogP contribution in [-0.4, -0.2) is 11.5 Å². The van der Waals surface area contributed by atoms with E-state index in [1.54, 1.807) is 0 Å². The van der Waals surface area contributed by atoms with Gasteiger partial charge in [0, 0.05) is 22.6 Å². The molecule has 1 aromatic heterocycles. The maximum absolute atomic E-state index is 4.53. The van der Waals surface area contributed by atoms with Crippen LogP contribution in [0.4, 0.5) is 0 Å². The summed E-state index contributed by atoms with van der Waals surface area (Å²) in [6.07, 6.45) is 8.94. The van der Waals surface area contributed by atoms with Crippen molar-refractivity contribution in [1.29, 1.82) is 0 Å². The van der Waals surface area contributed by atoms with Gasteiger partial charge in [0.25, 0.3) is 0 Å². The Labute approximate surface area is 129 Å². The molecule has 0 saturated heterocycles. The van der Waals surface area contributed by atoms with Gasteiger partial charge >= 0.3 is 0 Å². The lowest BCUT2D eigenvalue weighted by molar-refractivity contribution is 0.477. The van der Waals surface area contributed by atoms with Crippen molar-refractivity contribution < 1.29 is 0 Å². The largest absolute Gasteiger partial charge is 0.313 e. The van der Waals surface area contributed by atoms with Crippen LogP contribution in [0.5, 0.6) is 0 Å². The number of pyridine rings is 1. The van der Waals surface area contributed by atoms with Crippen molar-refractivity contribution in [1.82, 2.24) is 10.3 Å². The molecule has 1 aliphatic rings. The standard InChI is InChI=1S/C17H21BrN2/c18-16-8-7-14(17-15(16)6-3-10-20-17)12-19-11-9-13-4-1-2-5-13/h3,6-8,10,13,19H,1-2,4-5,9,11-12H2. The number of halogens is 1. The van der Waals surface area contributed by atoms with Crippen LogP contribution in [0.3, 0.4) is 0 Å². The molecule has 0 radical (unpaired) electrons. The van der Waals surface area contributed by atoms with Crippen LogP contribution in [0.25, 0.3) is 10.9 Å². The highest BCUT2D eigenvalue weighted by Gasteiger charge is 2.14. The number of nitrogens with zero attached hydrogens (tertiary/aromatic N) is 1. The summed E-state index contributed by atoms with van der Waals surface area (Å²) in [6, 6.07) is 8.40. The van der Waals surface area contributed by atoms with Crippen LogP contribution < -0.4 is 5.32 Å². The van der Waals surface area contributed by atoms with Gasteiger partial charge in [-0.15, -0.1) is 0 Å². The van der Waals surface area contributed by atoms with Gasteiger partial charge in [-0.1, -0.05) is 53.7 Å². The fourth-order valence-electron chi connectivity index (χ4n) is 3.17. The Morgan fingerprint density at radius 3 is 2.90 bits per heavy atom. The summed E-state index contributed by atoms with van der Waals surface area (Å²) in [5, 5.41) is 4.78. The Balaban J connectivity index is 1.61. The summed E-state index contributed by atoms with van der Waals surface area (Å²) in [7, 11) is 0. The van der Waals surface area contributed by atoms with Crippen LogP contribution in [0.15, 0.2) is 34.9 Å². The number of hydrogen-bond donors (Lipinski definition) is 1. The lowest BCUT2D eigenvalue weighted by Crippen LogP contribution is -2.17. The Kier molecular flexibility index (Phi) is 4.69. The van der Waals surface area contributed by atoms with Crippen LogP contribution >= 0.6 is 15.9 Å². The molecule has 3 heteroatoms. The van der Waals surface area contributed by atoms with Crippen LogP contribution in [0, 0.1) is 5.92 Å². The number of hydrogen-bond acceptors (Lipinski definition) is 2. The van der Waals surface area contributed by atoms with Crippen LogP contribution in [-0.2, 0) is 6.54 Å². The van der Waals surface area contributed by atoms with E-state index in [4.69, 9.17) is 0 Å². The molecule has 1 aliphatic carbocycles. The summed E-state index contributed by atoms with van der Waals surface area (Å²) >= 11 is 3.60. The molecule has 0 unspecified atom stereocenters. The molecule has 0 aliphatic heterocycles. The molecule has 1 fully saturated rings. The van der Waals surface area contributed by atoms with Gasteiger partial charge in [-0.25, -0.2) is 0 Å². The first-order valence-corrected chi connectivity index (χ1v) is 8.37. The molecule has 2 nitrogen and oxygen atoms in total. The fraction of sp³-hybridized carbons (Fsp3) is 0.471. The average Bonchev–Trinajstić information content (AvgIpc) is 2.99. The molecule has 3 rings (SSSR count). The van der Waals surface area contributed by atoms with E-state index in [9.17, 15) is 0 Å². The van der Waals surface area contributed by atoms with Gasteiger partial charge in [-0.3, -0.25) is 4.98 Å². The van der Waals surface area contributed by atoms with E-state index in [2.05, 4.69) is 44.4 Å². The molecule has 0 atom stereocenters. The molecule has 0 amide bonds. The smallest absolute Gasteiger partial charge is 0.0758 e. The van der Waals surface area contributed by atoms with E-state index in [1.807, 2.05) is 12.3 Å². The minimum atomic E-state index is 0.910. The minimum Gasteiger partial charge on any atom is -0.313 e. The van der Waals surface area contributed by atoms with Gasteiger partial charge < -0.3 is 5.32 Å². The molecule has 106 valence electrons. The van der Waals surface area contributed by atoms with Crippen molar-refractivity contribution in [3.63, 3.8) is 0 Å². The third-order valence-corrected chi connectivity index (χ3v) is 5.01. The summed E-state index contributed by atoms with van der Waals surface area (Å²) in [4.78, 5) is 4.53. The lowest BCUT2D eigenvalue weighted by atomic mass is 10.0. The highest BCUT2D eigenvalue weighted by atomic mass is 79.9. The molecule has 2 aromatic rings. The number of aromatic nitrogens is 1. The second kappa shape index (κ2) is 6.68. The monoisotopic (exact) mass is 332 g/mol. The zero-order valence-corrected chi connectivity index (χ0v) is 13.3. The topological polar surface area (TPSA) is 24.9 Å². The second-order valence-electron chi connectivity index (χ2n) is 5.72. The first-order chi connectivity index (χ1) is 9.84. The minimum absolute atomic E-state index is 0.910. The first-order valence-electron chi connectivity index (χ1n) is 7.57. The van der Waals surface area contributed by atoms with Crippen molar-refractivity contribution in [2.24, 2.45) is 5.92 Å². The SMILES string of the molecule is Brc1ccc(CNCCC2CCCC2)c2ncccc12. The van der Waals surface area contributed by atoms with Crippen LogP contribution in [0.1, 0.15) is 37.7 Å². The summed E-state index contributed by atoms with van der Waals surface area (Å²) < 4.78 is 1.12. The molecular formula is C17H21BrN2. The predicted octanol–water partition coefficient (Wildman–Crippen LogP) is 4.67. The van der Waals surface area contributed by atoms with E-state index in [0.29, 0.717) is 0 Å². The zero-order valence-electron chi connectivity index (χ0n) is 11.7. The van der Waals surface area contributed by atoms with Gasteiger partial charge in [0.05, 0.1) is 5.52 Å². The molecule has 1 N–H and O–H groups in total. The number of benzene rings is 1. The Hall–Kier alpha value is -0.930. The molecule has 1 heterocycles. The third-order valence-electron chi connectivity index (χ3n) is 4.32. The van der Waals surface area contributed by atoms with Crippen molar-refractivity contribution in [2.75, 3.05) is 6.54 Å². The summed E-state index contributed by atoms with van der Waals surface area (Å²) in [5.74, 6) is 0.960. The quantitative estimate of drug-likeness (QED) is 0.805. The fourth-order valence-corrected chi connectivity index (χ4v) is 3.62. The molecule has 1 saturated carbocycles. The van der Waals surface area contributed by atoms with E-state index >= 15 is 0 Å². The molecule has 0 spiro atoms. The summed E-state index contributed by atoms with van der Waals surface area (Å²) in [6.45, 7) is 2.03. The number of fused-ring (bicyclic) bond motifs is 1. The van der Waals surface area contributed by atoms with Crippen molar-refractivity contribution >= 4 is 26.8 Å². The first kappa shape index (κ1) is 14.0. The Morgan fingerprint density at radius 1 is 1.20 bits per heavy atom. The normalized spacial score (nSPS) is 16.1. The Bertz CT molecular complexity index is 576. The van der Waals surface area contributed by atoms with E-state index in [1.165, 1.54) is 43.1 Å². The van der Waals surface area contributed by atoms with Gasteiger partial charge in [0.2, 0.25) is 0 Å². The second-order valence-corrected chi connectivity index (χ2v) is 6.58. The van der Waals surface area contributed by atoms with E-state index < -0.39 is 0 Å². The van der Waals surface area contributed by atoms with Crippen molar-refractivity contribution in [2.45, 2.75) is 38.6 Å². The molecule has 1 aromatic carbocycles. The van der Waals surface area contributed by atoms with E-state index in [-0.39, 0.29) is 0 Å². The maximum atomic E-state index is 4.53. The van der Waals surface area contributed by atoms with Crippen molar-refractivity contribution in [3.05, 3.63) is 40.5 Å². The van der Waals surface area contributed by atoms with Gasteiger partial charge in [-0.05, 0) is 36.6 Å². The highest BCUT2D eigenvalue weighted by Crippen LogP contribution is 2.27. The maximum Gasteiger partial charge on any atom is 0.0758 e. The van der Waals surface area contributed by atoms with Crippen molar-refractivity contribution in [3.8, 4) is 0 Å². The molecular weight excluding hydrogens is 312 g/mol. The van der Waals surface area contributed by atoms with E-state index in [0.717, 1.165) is 29.0 Å². The number of rotatable bonds is 5. The third kappa shape index (κ3) is 3.21. The van der Waals surface area contributed by atoms with Gasteiger partial charge in [0.15, 0.2) is 0 Å². The average molecular weight is 333 g/mol. The lowest BCUT2D eigenvalue weighted by Gasteiger charge is -2.11.